The second-order valence-electron chi connectivity index (χ2n) is 4.80. The minimum absolute atomic E-state index is 0.769. The first-order valence-corrected chi connectivity index (χ1v) is 8.05. The van der Waals surface area contributed by atoms with Gasteiger partial charge in [0.15, 0.2) is 0 Å². The molecule has 0 radical (unpaired) electrons. The number of aryl methyl sites for hydroxylation is 1. The normalized spacial score (nSPS) is 14.9. The van der Waals surface area contributed by atoms with Crippen LogP contribution < -0.4 is 5.32 Å². The zero-order chi connectivity index (χ0) is 12.4. The van der Waals surface area contributed by atoms with E-state index in [0.717, 1.165) is 12.6 Å². The summed E-state index contributed by atoms with van der Waals surface area (Å²) in [6.45, 7) is 3.17. The zero-order valence-corrected chi connectivity index (χ0v) is 12.1. The minimum Gasteiger partial charge on any atom is -0.310 e. The fraction of sp³-hybridized carbons (Fsp3) is 0.333. The average Bonchev–Trinajstić information content (AvgIpc) is 3.06. The van der Waals surface area contributed by atoms with Crippen LogP contribution in [0.2, 0.25) is 0 Å². The van der Waals surface area contributed by atoms with Crippen molar-refractivity contribution in [3.8, 4) is 0 Å². The van der Waals surface area contributed by atoms with E-state index in [1.807, 2.05) is 23.1 Å². The number of thiophene rings is 1. The van der Waals surface area contributed by atoms with Crippen LogP contribution in [0.1, 0.15) is 24.0 Å². The zero-order valence-electron chi connectivity index (χ0n) is 10.5. The smallest absolute Gasteiger partial charge is 0.0646 e. The lowest BCUT2D eigenvalue weighted by molar-refractivity contribution is 0.680. The molecule has 0 amide bonds. The summed E-state index contributed by atoms with van der Waals surface area (Å²) in [6.07, 6.45) is 2.69. The van der Waals surface area contributed by atoms with E-state index in [1.165, 1.54) is 33.1 Å². The first-order valence-electron chi connectivity index (χ1n) is 6.35. The molecule has 0 bridgehead atoms. The van der Waals surface area contributed by atoms with Gasteiger partial charge in [0.1, 0.15) is 0 Å². The van der Waals surface area contributed by atoms with Gasteiger partial charge in [0, 0.05) is 17.5 Å². The lowest BCUT2D eigenvalue weighted by Crippen LogP contribution is -2.15. The summed E-state index contributed by atoms with van der Waals surface area (Å²) < 4.78 is 1.37. The van der Waals surface area contributed by atoms with Gasteiger partial charge in [0.25, 0.3) is 0 Å². The Hall–Kier alpha value is -0.770. The van der Waals surface area contributed by atoms with Gasteiger partial charge in [-0.15, -0.1) is 11.3 Å². The number of benzene rings is 1. The summed E-state index contributed by atoms with van der Waals surface area (Å²) in [6, 6.07) is 11.8. The molecule has 1 aromatic carbocycles. The third kappa shape index (κ3) is 3.16. The SMILES string of the molecule is Cc1ccc(Sc2cccs2)c(CNC2CC2)c1. The van der Waals surface area contributed by atoms with Crippen LogP contribution in [0.5, 0.6) is 0 Å². The van der Waals surface area contributed by atoms with Crippen molar-refractivity contribution in [1.82, 2.24) is 5.32 Å². The van der Waals surface area contributed by atoms with E-state index >= 15 is 0 Å². The Morgan fingerprint density at radius 1 is 1.33 bits per heavy atom. The molecule has 94 valence electrons. The van der Waals surface area contributed by atoms with Crippen molar-refractivity contribution in [3.05, 3.63) is 46.8 Å². The molecule has 1 aliphatic rings. The Kier molecular flexibility index (Phi) is 3.73. The van der Waals surface area contributed by atoms with Crippen molar-refractivity contribution in [3.63, 3.8) is 0 Å². The maximum absolute atomic E-state index is 3.61. The molecule has 1 nitrogen and oxygen atoms in total. The van der Waals surface area contributed by atoms with Gasteiger partial charge in [0.2, 0.25) is 0 Å². The first-order chi connectivity index (χ1) is 8.81. The Bertz CT molecular complexity index is 515. The summed E-state index contributed by atoms with van der Waals surface area (Å²) in [4.78, 5) is 1.39. The van der Waals surface area contributed by atoms with Crippen LogP contribution in [0.25, 0.3) is 0 Å². The van der Waals surface area contributed by atoms with Crippen LogP contribution in [-0.4, -0.2) is 6.04 Å². The topological polar surface area (TPSA) is 12.0 Å². The molecule has 3 rings (SSSR count). The van der Waals surface area contributed by atoms with Crippen LogP contribution >= 0.6 is 23.1 Å². The molecule has 18 heavy (non-hydrogen) atoms. The van der Waals surface area contributed by atoms with Gasteiger partial charge in [0.05, 0.1) is 4.21 Å². The second-order valence-corrected chi connectivity index (χ2v) is 7.09. The van der Waals surface area contributed by atoms with Gasteiger partial charge in [-0.1, -0.05) is 35.5 Å². The number of rotatable bonds is 5. The van der Waals surface area contributed by atoms with Crippen LogP contribution in [-0.2, 0) is 6.54 Å². The molecule has 0 unspecified atom stereocenters. The highest BCUT2D eigenvalue weighted by Gasteiger charge is 2.20. The average molecular weight is 275 g/mol. The van der Waals surface area contributed by atoms with Crippen LogP contribution in [0.3, 0.4) is 0 Å². The maximum Gasteiger partial charge on any atom is 0.0646 e. The molecule has 1 fully saturated rings. The Morgan fingerprint density at radius 3 is 2.94 bits per heavy atom. The molecular formula is C15H17NS2. The fourth-order valence-corrected chi connectivity index (χ4v) is 3.76. The van der Waals surface area contributed by atoms with Crippen molar-refractivity contribution in [2.24, 2.45) is 0 Å². The highest BCUT2D eigenvalue weighted by Crippen LogP contribution is 2.34. The Morgan fingerprint density at radius 2 is 2.22 bits per heavy atom. The van der Waals surface area contributed by atoms with E-state index in [2.05, 4.69) is 48.0 Å². The summed E-state index contributed by atoms with van der Waals surface area (Å²) >= 11 is 3.69. The minimum atomic E-state index is 0.769. The molecular weight excluding hydrogens is 258 g/mol. The molecule has 0 atom stereocenters. The monoisotopic (exact) mass is 275 g/mol. The van der Waals surface area contributed by atoms with Crippen LogP contribution in [0, 0.1) is 6.92 Å². The molecule has 0 spiro atoms. The summed E-state index contributed by atoms with van der Waals surface area (Å²) in [5, 5.41) is 5.75. The molecule has 1 aromatic heterocycles. The van der Waals surface area contributed by atoms with Crippen molar-refractivity contribution in [1.29, 1.82) is 0 Å². The molecule has 1 heterocycles. The van der Waals surface area contributed by atoms with E-state index < -0.39 is 0 Å². The van der Waals surface area contributed by atoms with Gasteiger partial charge in [-0.05, 0) is 42.8 Å². The third-order valence-corrected chi connectivity index (χ3v) is 5.24. The quantitative estimate of drug-likeness (QED) is 0.864. The summed E-state index contributed by atoms with van der Waals surface area (Å²) in [7, 11) is 0. The maximum atomic E-state index is 3.61. The van der Waals surface area contributed by atoms with Crippen molar-refractivity contribution < 1.29 is 0 Å². The second kappa shape index (κ2) is 5.47. The molecule has 0 aliphatic heterocycles. The largest absolute Gasteiger partial charge is 0.310 e. The fourth-order valence-electron chi connectivity index (χ4n) is 1.92. The number of nitrogens with one attached hydrogen (secondary N) is 1. The van der Waals surface area contributed by atoms with E-state index in [-0.39, 0.29) is 0 Å². The van der Waals surface area contributed by atoms with Gasteiger partial charge >= 0.3 is 0 Å². The summed E-state index contributed by atoms with van der Waals surface area (Å²) in [5.74, 6) is 0. The van der Waals surface area contributed by atoms with E-state index in [0.29, 0.717) is 0 Å². The van der Waals surface area contributed by atoms with E-state index in [1.54, 1.807) is 0 Å². The molecule has 2 aromatic rings. The predicted octanol–water partition coefficient (Wildman–Crippen LogP) is 4.46. The van der Waals surface area contributed by atoms with E-state index in [9.17, 15) is 0 Å². The van der Waals surface area contributed by atoms with Crippen molar-refractivity contribution in [2.45, 2.75) is 41.5 Å². The standard InChI is InChI=1S/C15H17NS2/c1-11-4-7-14(18-15-3-2-8-17-15)12(9-11)10-16-13-5-6-13/h2-4,7-9,13,16H,5-6,10H2,1H3. The molecule has 1 aliphatic carbocycles. The lowest BCUT2D eigenvalue weighted by atomic mass is 10.1. The van der Waals surface area contributed by atoms with Crippen LogP contribution in [0.4, 0.5) is 0 Å². The van der Waals surface area contributed by atoms with Gasteiger partial charge in [-0.2, -0.15) is 0 Å². The Labute approximate surface area is 117 Å². The number of hydrogen-bond donors (Lipinski definition) is 1. The first kappa shape index (κ1) is 12.3. The molecule has 3 heteroatoms. The number of hydrogen-bond acceptors (Lipinski definition) is 3. The lowest BCUT2D eigenvalue weighted by Gasteiger charge is -2.10. The van der Waals surface area contributed by atoms with E-state index in [4.69, 9.17) is 0 Å². The Balaban J connectivity index is 1.77. The molecule has 0 saturated heterocycles. The molecule has 1 N–H and O–H groups in total. The predicted molar refractivity (Wildman–Crippen MR) is 79.5 cm³/mol. The highest BCUT2D eigenvalue weighted by molar-refractivity contribution is 8.01. The van der Waals surface area contributed by atoms with Crippen molar-refractivity contribution >= 4 is 23.1 Å². The highest BCUT2D eigenvalue weighted by atomic mass is 32.2. The summed E-state index contributed by atoms with van der Waals surface area (Å²) in [5.41, 5.74) is 2.78. The van der Waals surface area contributed by atoms with Gasteiger partial charge in [-0.25, -0.2) is 0 Å². The van der Waals surface area contributed by atoms with Crippen LogP contribution in [0.15, 0.2) is 44.8 Å². The van der Waals surface area contributed by atoms with Crippen molar-refractivity contribution in [2.75, 3.05) is 0 Å². The third-order valence-electron chi connectivity index (χ3n) is 3.08. The van der Waals surface area contributed by atoms with Gasteiger partial charge in [-0.3, -0.25) is 0 Å². The van der Waals surface area contributed by atoms with Gasteiger partial charge < -0.3 is 5.32 Å². The molecule has 1 saturated carbocycles.